The third-order valence-electron chi connectivity index (χ3n) is 4.94. The Hall–Kier alpha value is -3.36. The number of benzene rings is 3. The number of nitrogens with zero attached hydrogens (tertiary/aromatic N) is 2. The summed E-state index contributed by atoms with van der Waals surface area (Å²) in [5.41, 5.74) is 4.96. The fraction of sp³-hybridized carbons (Fsp3) is 0.200. The van der Waals surface area contributed by atoms with E-state index in [-0.39, 0.29) is 10.6 Å². The molecule has 0 unspecified atom stereocenters. The zero-order valence-electron chi connectivity index (χ0n) is 19.2. The van der Waals surface area contributed by atoms with Crippen LogP contribution in [-0.4, -0.2) is 33.2 Å². The Morgan fingerprint density at radius 1 is 1.03 bits per heavy atom. The van der Waals surface area contributed by atoms with Gasteiger partial charge in [-0.05, 0) is 62.7 Å². The van der Waals surface area contributed by atoms with E-state index in [0.717, 1.165) is 15.4 Å². The molecule has 0 fully saturated rings. The lowest BCUT2D eigenvalue weighted by molar-refractivity contribution is -0.119. The highest BCUT2D eigenvalue weighted by atomic mass is 35.5. The van der Waals surface area contributed by atoms with Crippen LogP contribution in [0.4, 0.5) is 5.69 Å². The lowest BCUT2D eigenvalue weighted by Gasteiger charge is -2.25. The predicted octanol–water partition coefficient (Wildman–Crippen LogP) is 4.78. The first kappa shape index (κ1) is 25.3. The van der Waals surface area contributed by atoms with Crippen LogP contribution in [0, 0.1) is 6.92 Å². The number of aryl methyl sites for hydroxylation is 1. The number of para-hydroxylation sites is 2. The first-order valence-electron chi connectivity index (χ1n) is 10.6. The minimum Gasteiger partial charge on any atom is -0.492 e. The van der Waals surface area contributed by atoms with Crippen molar-refractivity contribution >= 4 is 38.9 Å². The number of anilines is 1. The molecular formula is C25H26ClN3O4S. The smallest absolute Gasteiger partial charge is 0.264 e. The van der Waals surface area contributed by atoms with Gasteiger partial charge in [-0.3, -0.25) is 9.10 Å². The van der Waals surface area contributed by atoms with Crippen molar-refractivity contribution in [2.75, 3.05) is 17.5 Å². The summed E-state index contributed by atoms with van der Waals surface area (Å²) in [6, 6.07) is 20.1. The number of hydrogen-bond acceptors (Lipinski definition) is 5. The lowest BCUT2D eigenvalue weighted by Crippen LogP contribution is -2.40. The first-order chi connectivity index (χ1) is 16.2. The van der Waals surface area contributed by atoms with Crippen molar-refractivity contribution in [3.63, 3.8) is 0 Å². The summed E-state index contributed by atoms with van der Waals surface area (Å²) in [6.45, 7) is 5.25. The number of amides is 1. The highest BCUT2D eigenvalue weighted by Gasteiger charge is 2.29. The van der Waals surface area contributed by atoms with Gasteiger partial charge in [0.15, 0.2) is 0 Å². The zero-order chi connectivity index (χ0) is 24.7. The number of hydrogen-bond donors (Lipinski definition) is 1. The number of hydrazone groups is 1. The molecule has 0 aliphatic carbocycles. The van der Waals surface area contributed by atoms with Gasteiger partial charge in [-0.15, -0.1) is 0 Å². The van der Waals surface area contributed by atoms with Crippen molar-refractivity contribution in [3.05, 3.63) is 88.9 Å². The number of nitrogens with one attached hydrogen (secondary N) is 1. The first-order valence-corrected chi connectivity index (χ1v) is 12.4. The number of halogens is 1. The molecule has 3 aromatic rings. The van der Waals surface area contributed by atoms with Crippen LogP contribution in [0.25, 0.3) is 0 Å². The van der Waals surface area contributed by atoms with E-state index in [1.165, 1.54) is 12.1 Å². The maximum Gasteiger partial charge on any atom is 0.264 e. The highest BCUT2D eigenvalue weighted by Crippen LogP contribution is 2.32. The number of sulfonamides is 1. The summed E-state index contributed by atoms with van der Waals surface area (Å²) < 4.78 is 33.8. The molecule has 0 radical (unpaired) electrons. The third kappa shape index (κ3) is 6.15. The van der Waals surface area contributed by atoms with Gasteiger partial charge >= 0.3 is 0 Å². The molecular weight excluding hydrogens is 474 g/mol. The molecule has 9 heteroatoms. The van der Waals surface area contributed by atoms with E-state index < -0.39 is 22.5 Å². The highest BCUT2D eigenvalue weighted by molar-refractivity contribution is 7.92. The van der Waals surface area contributed by atoms with Gasteiger partial charge in [0.2, 0.25) is 0 Å². The molecule has 0 aromatic heterocycles. The molecule has 0 saturated carbocycles. The van der Waals surface area contributed by atoms with Crippen LogP contribution < -0.4 is 14.5 Å². The molecule has 34 heavy (non-hydrogen) atoms. The Morgan fingerprint density at radius 3 is 2.32 bits per heavy atom. The van der Waals surface area contributed by atoms with E-state index in [9.17, 15) is 13.2 Å². The van der Waals surface area contributed by atoms with Gasteiger partial charge < -0.3 is 4.74 Å². The van der Waals surface area contributed by atoms with Crippen molar-refractivity contribution in [3.8, 4) is 5.75 Å². The molecule has 0 heterocycles. The fourth-order valence-corrected chi connectivity index (χ4v) is 4.70. The van der Waals surface area contributed by atoms with Crippen molar-refractivity contribution in [1.29, 1.82) is 0 Å². The van der Waals surface area contributed by atoms with Crippen LogP contribution in [0.5, 0.6) is 5.75 Å². The SMILES string of the molecule is CCOc1ccccc1N(CC(=O)N/N=C(/C)c1ccc(Cl)cc1)S(=O)(=O)c1ccc(C)cc1. The average molecular weight is 500 g/mol. The third-order valence-corrected chi connectivity index (χ3v) is 6.97. The molecule has 0 spiro atoms. The van der Waals surface area contributed by atoms with E-state index in [2.05, 4.69) is 10.5 Å². The molecule has 0 saturated heterocycles. The summed E-state index contributed by atoms with van der Waals surface area (Å²) in [6.07, 6.45) is 0. The summed E-state index contributed by atoms with van der Waals surface area (Å²) in [4.78, 5) is 12.9. The number of ether oxygens (including phenoxy) is 1. The monoisotopic (exact) mass is 499 g/mol. The molecule has 1 N–H and O–H groups in total. The predicted molar refractivity (Wildman–Crippen MR) is 135 cm³/mol. The van der Waals surface area contributed by atoms with Crippen LogP contribution >= 0.6 is 11.6 Å². The molecule has 178 valence electrons. The van der Waals surface area contributed by atoms with Crippen LogP contribution in [0.3, 0.4) is 0 Å². The second-order valence-corrected chi connectivity index (χ2v) is 9.76. The van der Waals surface area contributed by atoms with Crippen molar-refractivity contribution < 1.29 is 17.9 Å². The van der Waals surface area contributed by atoms with Gasteiger partial charge in [-0.25, -0.2) is 13.8 Å². The number of carbonyl (C=O) groups is 1. The summed E-state index contributed by atoms with van der Waals surface area (Å²) in [7, 11) is -4.07. The topological polar surface area (TPSA) is 88.1 Å². The number of rotatable bonds is 9. The second-order valence-electron chi connectivity index (χ2n) is 7.46. The van der Waals surface area contributed by atoms with Crippen LogP contribution in [0.2, 0.25) is 5.02 Å². The molecule has 0 bridgehead atoms. The van der Waals surface area contributed by atoms with Crippen LogP contribution in [-0.2, 0) is 14.8 Å². The largest absolute Gasteiger partial charge is 0.492 e. The van der Waals surface area contributed by atoms with E-state index in [0.29, 0.717) is 23.1 Å². The van der Waals surface area contributed by atoms with Gasteiger partial charge in [0.25, 0.3) is 15.9 Å². The average Bonchev–Trinajstić information content (AvgIpc) is 2.82. The molecule has 0 aliphatic rings. The van der Waals surface area contributed by atoms with E-state index in [4.69, 9.17) is 16.3 Å². The van der Waals surface area contributed by atoms with E-state index >= 15 is 0 Å². The maximum atomic E-state index is 13.6. The summed E-state index contributed by atoms with van der Waals surface area (Å²) >= 11 is 5.91. The van der Waals surface area contributed by atoms with Crippen LogP contribution in [0.15, 0.2) is 82.8 Å². The van der Waals surface area contributed by atoms with E-state index in [1.54, 1.807) is 74.5 Å². The molecule has 0 aliphatic heterocycles. The Kier molecular flexibility index (Phi) is 8.31. The second kappa shape index (κ2) is 11.2. The Bertz CT molecular complexity index is 1270. The summed E-state index contributed by atoms with van der Waals surface area (Å²) in [5, 5.41) is 4.71. The molecule has 1 amide bonds. The van der Waals surface area contributed by atoms with Crippen molar-refractivity contribution in [1.82, 2.24) is 5.43 Å². The van der Waals surface area contributed by atoms with Crippen LogP contribution in [0.1, 0.15) is 25.0 Å². The van der Waals surface area contributed by atoms with Gasteiger partial charge in [0, 0.05) is 5.02 Å². The quantitative estimate of drug-likeness (QED) is 0.339. The molecule has 3 rings (SSSR count). The summed E-state index contributed by atoms with van der Waals surface area (Å²) in [5.74, 6) is -0.246. The molecule has 0 atom stereocenters. The Balaban J connectivity index is 1.92. The normalized spacial score (nSPS) is 11.7. The zero-order valence-corrected chi connectivity index (χ0v) is 20.7. The Labute approximate surface area is 205 Å². The van der Waals surface area contributed by atoms with Crippen molar-refractivity contribution in [2.45, 2.75) is 25.7 Å². The van der Waals surface area contributed by atoms with Gasteiger partial charge in [0.05, 0.1) is 22.9 Å². The van der Waals surface area contributed by atoms with Gasteiger partial charge in [0.1, 0.15) is 12.3 Å². The number of carbonyl (C=O) groups excluding carboxylic acids is 1. The van der Waals surface area contributed by atoms with Gasteiger partial charge in [-0.1, -0.05) is 53.6 Å². The van der Waals surface area contributed by atoms with Gasteiger partial charge in [-0.2, -0.15) is 5.10 Å². The fourth-order valence-electron chi connectivity index (χ4n) is 3.15. The molecule has 3 aromatic carbocycles. The molecule has 7 nitrogen and oxygen atoms in total. The minimum atomic E-state index is -4.07. The Morgan fingerprint density at radius 2 is 1.68 bits per heavy atom. The van der Waals surface area contributed by atoms with Crippen molar-refractivity contribution in [2.24, 2.45) is 5.10 Å². The minimum absolute atomic E-state index is 0.0676. The maximum absolute atomic E-state index is 13.6. The lowest BCUT2D eigenvalue weighted by atomic mass is 10.1. The standard InChI is InChI=1S/C25H26ClN3O4S/c1-4-33-24-8-6-5-7-23(24)29(34(31,32)22-15-9-18(2)10-16-22)17-25(30)28-27-19(3)20-11-13-21(26)14-12-20/h5-16H,4,17H2,1-3H3,(H,28,30)/b27-19-. The van der Waals surface area contributed by atoms with E-state index in [1.807, 2.05) is 6.92 Å².